The van der Waals surface area contributed by atoms with Crippen LogP contribution in [0.25, 0.3) is 0 Å². The summed E-state index contributed by atoms with van der Waals surface area (Å²) >= 11 is 0. The Hall–Kier alpha value is -1.63. The molecular weight excluding hydrogens is 224 g/mol. The molecule has 0 saturated carbocycles. The molecule has 0 bridgehead atoms. The molecule has 0 aliphatic rings. The number of nitro groups is 1. The maximum atomic E-state index is 11.0. The van der Waals surface area contributed by atoms with E-state index in [1.807, 2.05) is 6.92 Å². The van der Waals surface area contributed by atoms with Gasteiger partial charge in [0.15, 0.2) is 0 Å². The molecule has 0 aromatic carbocycles. The molecule has 0 aliphatic heterocycles. The Kier molecular flexibility index (Phi) is 3.72. The van der Waals surface area contributed by atoms with Gasteiger partial charge in [-0.25, -0.2) is 4.68 Å². The Morgan fingerprint density at radius 3 is 2.59 bits per heavy atom. The highest BCUT2D eigenvalue weighted by Crippen LogP contribution is 2.30. The first kappa shape index (κ1) is 13.4. The molecular formula is C10H18N4O3. The number of hydrogen-bond acceptors (Lipinski definition) is 5. The SMILES string of the molecule is CCc1nn(C)c(OCC(C)(C)N)c1[N+](=O)[O-]. The summed E-state index contributed by atoms with van der Waals surface area (Å²) in [6.45, 7) is 5.58. The van der Waals surface area contributed by atoms with Crippen LogP contribution >= 0.6 is 0 Å². The standard InChI is InChI=1S/C10H18N4O3/c1-5-7-8(14(15)16)9(13(4)12-7)17-6-10(2,3)11/h5-6,11H2,1-4H3. The fraction of sp³-hybridized carbons (Fsp3) is 0.700. The second kappa shape index (κ2) is 4.70. The summed E-state index contributed by atoms with van der Waals surface area (Å²) in [5.74, 6) is 0.158. The molecule has 0 atom stereocenters. The van der Waals surface area contributed by atoms with Crippen molar-refractivity contribution in [2.45, 2.75) is 32.7 Å². The van der Waals surface area contributed by atoms with Crippen molar-refractivity contribution in [2.75, 3.05) is 6.61 Å². The largest absolute Gasteiger partial charge is 0.471 e. The van der Waals surface area contributed by atoms with Gasteiger partial charge in [-0.05, 0) is 20.3 Å². The first-order chi connectivity index (χ1) is 7.76. The minimum Gasteiger partial charge on any atom is -0.471 e. The van der Waals surface area contributed by atoms with Crippen LogP contribution in [-0.2, 0) is 13.5 Å². The third-order valence-electron chi connectivity index (χ3n) is 2.14. The van der Waals surface area contributed by atoms with Crippen LogP contribution in [0.1, 0.15) is 26.5 Å². The van der Waals surface area contributed by atoms with Crippen molar-refractivity contribution in [3.63, 3.8) is 0 Å². The quantitative estimate of drug-likeness (QED) is 0.614. The highest BCUT2D eigenvalue weighted by Gasteiger charge is 2.28. The number of nitrogens with two attached hydrogens (primary N) is 1. The molecule has 2 N–H and O–H groups in total. The van der Waals surface area contributed by atoms with Gasteiger partial charge in [-0.1, -0.05) is 6.92 Å². The third-order valence-corrected chi connectivity index (χ3v) is 2.14. The van der Waals surface area contributed by atoms with E-state index in [0.717, 1.165) is 0 Å². The van der Waals surface area contributed by atoms with Gasteiger partial charge in [-0.2, -0.15) is 5.10 Å². The Morgan fingerprint density at radius 2 is 2.18 bits per heavy atom. The molecule has 1 rings (SSSR count). The molecule has 1 heterocycles. The predicted octanol–water partition coefficient (Wildman–Crippen LogP) is 1.01. The lowest BCUT2D eigenvalue weighted by molar-refractivity contribution is -0.386. The van der Waals surface area contributed by atoms with Gasteiger partial charge >= 0.3 is 5.69 Å². The van der Waals surface area contributed by atoms with Gasteiger partial charge in [-0.3, -0.25) is 10.1 Å². The number of aryl methyl sites for hydroxylation is 2. The van der Waals surface area contributed by atoms with Gasteiger partial charge in [0, 0.05) is 12.6 Å². The van der Waals surface area contributed by atoms with Crippen LogP contribution in [0.3, 0.4) is 0 Å². The fourth-order valence-electron chi connectivity index (χ4n) is 1.39. The predicted molar refractivity (Wildman–Crippen MR) is 63.0 cm³/mol. The summed E-state index contributed by atoms with van der Waals surface area (Å²) in [7, 11) is 1.62. The normalized spacial score (nSPS) is 11.6. The first-order valence-electron chi connectivity index (χ1n) is 5.38. The number of ether oxygens (including phenoxy) is 1. The molecule has 0 aliphatic carbocycles. The summed E-state index contributed by atoms with van der Waals surface area (Å²) in [5, 5.41) is 15.0. The van der Waals surface area contributed by atoms with Crippen LogP contribution in [0, 0.1) is 10.1 Å². The van der Waals surface area contributed by atoms with Crippen molar-refractivity contribution < 1.29 is 9.66 Å². The van der Waals surface area contributed by atoms with E-state index in [4.69, 9.17) is 10.5 Å². The highest BCUT2D eigenvalue weighted by atomic mass is 16.6. The van der Waals surface area contributed by atoms with Gasteiger partial charge in [0.25, 0.3) is 5.88 Å². The molecule has 0 unspecified atom stereocenters. The van der Waals surface area contributed by atoms with E-state index >= 15 is 0 Å². The summed E-state index contributed by atoms with van der Waals surface area (Å²) < 4.78 is 6.79. The van der Waals surface area contributed by atoms with Crippen molar-refractivity contribution in [1.82, 2.24) is 9.78 Å². The summed E-state index contributed by atoms with van der Waals surface area (Å²) in [4.78, 5) is 10.5. The fourth-order valence-corrected chi connectivity index (χ4v) is 1.39. The van der Waals surface area contributed by atoms with Crippen LogP contribution in [0.5, 0.6) is 5.88 Å². The zero-order valence-corrected chi connectivity index (χ0v) is 10.6. The van der Waals surface area contributed by atoms with Crippen LogP contribution in [0.15, 0.2) is 0 Å². The van der Waals surface area contributed by atoms with Gasteiger partial charge in [0.2, 0.25) is 0 Å². The van der Waals surface area contributed by atoms with Gasteiger partial charge in [0.05, 0.1) is 4.92 Å². The molecule has 0 radical (unpaired) electrons. The summed E-state index contributed by atoms with van der Waals surface area (Å²) in [5.41, 5.74) is 5.57. The number of aromatic nitrogens is 2. The highest BCUT2D eigenvalue weighted by molar-refractivity contribution is 5.46. The Balaban J connectivity index is 3.05. The number of hydrogen-bond donors (Lipinski definition) is 1. The Bertz CT molecular complexity index is 420. The minimum atomic E-state index is -0.551. The Labute approximate surface area is 99.7 Å². The molecule has 0 amide bonds. The van der Waals surface area contributed by atoms with Crippen molar-refractivity contribution in [1.29, 1.82) is 0 Å². The minimum absolute atomic E-state index is 0.0701. The lowest BCUT2D eigenvalue weighted by Crippen LogP contribution is -2.39. The maximum absolute atomic E-state index is 11.0. The first-order valence-corrected chi connectivity index (χ1v) is 5.38. The second-order valence-corrected chi connectivity index (χ2v) is 4.61. The van der Waals surface area contributed by atoms with E-state index < -0.39 is 10.5 Å². The lowest BCUT2D eigenvalue weighted by Gasteiger charge is -2.18. The molecule has 17 heavy (non-hydrogen) atoms. The molecule has 7 nitrogen and oxygen atoms in total. The average molecular weight is 242 g/mol. The van der Waals surface area contributed by atoms with E-state index in [-0.39, 0.29) is 18.2 Å². The van der Waals surface area contributed by atoms with Crippen molar-refractivity contribution in [3.05, 3.63) is 15.8 Å². The molecule has 7 heteroatoms. The maximum Gasteiger partial charge on any atom is 0.353 e. The van der Waals surface area contributed by atoms with E-state index in [2.05, 4.69) is 5.10 Å². The van der Waals surface area contributed by atoms with Crippen molar-refractivity contribution in [2.24, 2.45) is 12.8 Å². The smallest absolute Gasteiger partial charge is 0.353 e. The van der Waals surface area contributed by atoms with E-state index in [0.29, 0.717) is 12.1 Å². The zero-order chi connectivity index (χ0) is 13.2. The van der Waals surface area contributed by atoms with Gasteiger partial charge < -0.3 is 10.5 Å². The van der Waals surface area contributed by atoms with Crippen LogP contribution in [0.2, 0.25) is 0 Å². The monoisotopic (exact) mass is 242 g/mol. The Morgan fingerprint density at radius 1 is 1.59 bits per heavy atom. The van der Waals surface area contributed by atoms with E-state index in [9.17, 15) is 10.1 Å². The molecule has 96 valence electrons. The molecule has 0 spiro atoms. The van der Waals surface area contributed by atoms with Gasteiger partial charge in [-0.15, -0.1) is 0 Å². The van der Waals surface area contributed by atoms with Crippen LogP contribution in [0.4, 0.5) is 5.69 Å². The summed E-state index contributed by atoms with van der Waals surface area (Å²) in [6, 6.07) is 0. The summed E-state index contributed by atoms with van der Waals surface area (Å²) in [6.07, 6.45) is 0.486. The topological polar surface area (TPSA) is 96.2 Å². The van der Waals surface area contributed by atoms with Crippen molar-refractivity contribution in [3.8, 4) is 5.88 Å². The lowest BCUT2D eigenvalue weighted by atomic mass is 10.1. The molecule has 0 saturated heterocycles. The molecule has 1 aromatic rings. The zero-order valence-electron chi connectivity index (χ0n) is 10.6. The second-order valence-electron chi connectivity index (χ2n) is 4.61. The molecule has 0 fully saturated rings. The van der Waals surface area contributed by atoms with E-state index in [1.165, 1.54) is 4.68 Å². The third kappa shape index (κ3) is 3.16. The molecule has 1 aromatic heterocycles. The van der Waals surface area contributed by atoms with Gasteiger partial charge in [0.1, 0.15) is 12.3 Å². The van der Waals surface area contributed by atoms with E-state index in [1.54, 1.807) is 20.9 Å². The van der Waals surface area contributed by atoms with Crippen molar-refractivity contribution >= 4 is 5.69 Å². The van der Waals surface area contributed by atoms with Crippen LogP contribution < -0.4 is 10.5 Å². The number of nitrogens with zero attached hydrogens (tertiary/aromatic N) is 3. The number of rotatable bonds is 5. The average Bonchev–Trinajstić information content (AvgIpc) is 2.50. The van der Waals surface area contributed by atoms with Crippen LogP contribution in [-0.4, -0.2) is 26.8 Å².